The van der Waals surface area contributed by atoms with Gasteiger partial charge in [-0.2, -0.15) is 0 Å². The second kappa shape index (κ2) is 7.97. The van der Waals surface area contributed by atoms with Crippen LogP contribution >= 0.6 is 0 Å². The summed E-state index contributed by atoms with van der Waals surface area (Å²) in [6, 6.07) is 12.0. The van der Waals surface area contributed by atoms with Crippen LogP contribution in [0.4, 0.5) is 0 Å². The first-order valence-electron chi connectivity index (χ1n) is 9.93. The number of likely N-dealkylation sites (tertiary alicyclic amines) is 1. The molecule has 2 aromatic heterocycles. The predicted molar refractivity (Wildman–Crippen MR) is 109 cm³/mol. The van der Waals surface area contributed by atoms with Crippen LogP contribution in [0.5, 0.6) is 0 Å². The molecule has 1 aromatic carbocycles. The maximum absolute atomic E-state index is 13.1. The minimum absolute atomic E-state index is 0.0500. The molecule has 1 aliphatic rings. The minimum Gasteiger partial charge on any atom is -0.346 e. The smallest absolute Gasteiger partial charge is 0.224 e. The zero-order valence-electron chi connectivity index (χ0n) is 16.2. The number of fused-ring (bicyclic) bond motifs is 1. The van der Waals surface area contributed by atoms with Gasteiger partial charge in [0, 0.05) is 54.6 Å². The minimum atomic E-state index is 0.0500. The highest BCUT2D eigenvalue weighted by molar-refractivity contribution is 6.06. The van der Waals surface area contributed by atoms with Crippen molar-refractivity contribution >= 4 is 22.6 Å². The Morgan fingerprint density at radius 2 is 2.00 bits per heavy atom. The summed E-state index contributed by atoms with van der Waals surface area (Å²) in [5.41, 5.74) is 2.83. The molecule has 0 N–H and O–H groups in total. The van der Waals surface area contributed by atoms with E-state index in [9.17, 15) is 9.59 Å². The molecule has 0 radical (unpaired) electrons. The van der Waals surface area contributed by atoms with Crippen molar-refractivity contribution < 1.29 is 9.59 Å². The number of carbonyl (C=O) groups is 2. The van der Waals surface area contributed by atoms with E-state index in [4.69, 9.17) is 0 Å². The number of carbonyl (C=O) groups excluding carboxylic acids is 2. The maximum atomic E-state index is 13.1. The summed E-state index contributed by atoms with van der Waals surface area (Å²) in [6.45, 7) is 2.95. The number of ketones is 1. The average molecular weight is 375 g/mol. The molecule has 1 amide bonds. The molecule has 1 fully saturated rings. The number of aromatic nitrogens is 2. The number of nitrogens with zero attached hydrogens (tertiary/aromatic N) is 3. The van der Waals surface area contributed by atoms with E-state index in [2.05, 4.69) is 11.1 Å². The Labute approximate surface area is 165 Å². The Kier molecular flexibility index (Phi) is 5.24. The molecule has 0 spiro atoms. The third-order valence-corrected chi connectivity index (χ3v) is 5.63. The average Bonchev–Trinajstić information content (AvgIpc) is 3.12. The van der Waals surface area contributed by atoms with Gasteiger partial charge in [0.05, 0.1) is 6.04 Å². The highest BCUT2D eigenvalue weighted by Gasteiger charge is 2.27. The summed E-state index contributed by atoms with van der Waals surface area (Å²) in [6.07, 6.45) is 9.11. The number of piperidine rings is 1. The van der Waals surface area contributed by atoms with Gasteiger partial charge in [-0.15, -0.1) is 0 Å². The fourth-order valence-electron chi connectivity index (χ4n) is 4.22. The topological polar surface area (TPSA) is 55.2 Å². The number of pyridine rings is 1. The van der Waals surface area contributed by atoms with E-state index >= 15 is 0 Å². The second-order valence-corrected chi connectivity index (χ2v) is 7.44. The van der Waals surface area contributed by atoms with E-state index in [0.29, 0.717) is 18.5 Å². The first-order valence-corrected chi connectivity index (χ1v) is 9.93. The predicted octanol–water partition coefficient (Wildman–Crippen LogP) is 4.38. The van der Waals surface area contributed by atoms with E-state index < -0.39 is 0 Å². The Morgan fingerprint density at radius 1 is 1.14 bits per heavy atom. The second-order valence-electron chi connectivity index (χ2n) is 7.44. The van der Waals surface area contributed by atoms with Crippen molar-refractivity contribution in [3.8, 4) is 0 Å². The molecule has 0 unspecified atom stereocenters. The molecule has 144 valence electrons. The van der Waals surface area contributed by atoms with Crippen molar-refractivity contribution in [1.29, 1.82) is 0 Å². The largest absolute Gasteiger partial charge is 0.346 e. The molecule has 1 atom stereocenters. The fourth-order valence-corrected chi connectivity index (χ4v) is 4.22. The van der Waals surface area contributed by atoms with Crippen molar-refractivity contribution in [3.63, 3.8) is 0 Å². The van der Waals surface area contributed by atoms with Crippen LogP contribution in [-0.4, -0.2) is 32.7 Å². The van der Waals surface area contributed by atoms with Crippen molar-refractivity contribution in [3.05, 3.63) is 66.1 Å². The van der Waals surface area contributed by atoms with Gasteiger partial charge >= 0.3 is 0 Å². The maximum Gasteiger partial charge on any atom is 0.224 e. The molecule has 0 saturated carbocycles. The summed E-state index contributed by atoms with van der Waals surface area (Å²) < 4.78 is 2.03. The number of para-hydroxylation sites is 1. The fraction of sp³-hybridized carbons (Fsp3) is 0.348. The molecule has 3 aromatic rings. The Balaban J connectivity index is 1.52. The van der Waals surface area contributed by atoms with E-state index in [1.165, 1.54) is 0 Å². The molecule has 28 heavy (non-hydrogen) atoms. The van der Waals surface area contributed by atoms with Crippen LogP contribution in [0.25, 0.3) is 10.9 Å². The number of Topliss-reactive ketones (excluding diaryl/α,β-unsaturated/α-hetero) is 1. The monoisotopic (exact) mass is 375 g/mol. The lowest BCUT2D eigenvalue weighted by molar-refractivity contribution is -0.135. The van der Waals surface area contributed by atoms with Gasteiger partial charge in [-0.3, -0.25) is 14.6 Å². The summed E-state index contributed by atoms with van der Waals surface area (Å²) in [7, 11) is 0. The van der Waals surface area contributed by atoms with Gasteiger partial charge in [0.2, 0.25) is 5.91 Å². The number of amides is 1. The van der Waals surface area contributed by atoms with Crippen molar-refractivity contribution in [2.75, 3.05) is 6.54 Å². The van der Waals surface area contributed by atoms with Crippen LogP contribution in [0.1, 0.15) is 54.6 Å². The van der Waals surface area contributed by atoms with Gasteiger partial charge in [0.25, 0.3) is 0 Å². The zero-order valence-corrected chi connectivity index (χ0v) is 16.2. The molecule has 0 aliphatic carbocycles. The molecular weight excluding hydrogens is 350 g/mol. The SMILES string of the molecule is CC(=O)c1cn(CCC(=O)N2CCCC[C@@H]2c2cccnc2)c2ccccc12. The highest BCUT2D eigenvalue weighted by Crippen LogP contribution is 2.31. The van der Waals surface area contributed by atoms with Gasteiger partial charge in [-0.05, 0) is 43.9 Å². The summed E-state index contributed by atoms with van der Waals surface area (Å²) in [5.74, 6) is 0.213. The van der Waals surface area contributed by atoms with Crippen LogP contribution in [0.2, 0.25) is 0 Å². The van der Waals surface area contributed by atoms with Crippen LogP contribution in [0.3, 0.4) is 0 Å². The number of aryl methyl sites for hydroxylation is 1. The first kappa shape index (κ1) is 18.4. The first-order chi connectivity index (χ1) is 13.6. The highest BCUT2D eigenvalue weighted by atomic mass is 16.2. The van der Waals surface area contributed by atoms with Crippen LogP contribution < -0.4 is 0 Å². The van der Waals surface area contributed by atoms with Gasteiger partial charge in [-0.1, -0.05) is 24.3 Å². The van der Waals surface area contributed by atoms with E-state index in [-0.39, 0.29) is 17.7 Å². The zero-order chi connectivity index (χ0) is 19.5. The number of hydrogen-bond acceptors (Lipinski definition) is 3. The van der Waals surface area contributed by atoms with Crippen molar-refractivity contribution in [1.82, 2.24) is 14.5 Å². The molecule has 4 rings (SSSR count). The lowest BCUT2D eigenvalue weighted by Crippen LogP contribution is -2.38. The van der Waals surface area contributed by atoms with Crippen LogP contribution in [0, 0.1) is 0 Å². The van der Waals surface area contributed by atoms with E-state index in [0.717, 1.165) is 42.3 Å². The molecule has 0 bridgehead atoms. The number of hydrogen-bond donors (Lipinski definition) is 0. The summed E-state index contributed by atoms with van der Waals surface area (Å²) >= 11 is 0. The quantitative estimate of drug-likeness (QED) is 0.622. The van der Waals surface area contributed by atoms with Crippen molar-refractivity contribution in [2.45, 2.75) is 45.2 Å². The van der Waals surface area contributed by atoms with E-state index in [1.807, 2.05) is 52.2 Å². The lowest BCUT2D eigenvalue weighted by atomic mass is 9.96. The molecular formula is C23H25N3O2. The number of rotatable bonds is 5. The molecule has 3 heterocycles. The molecule has 1 aliphatic heterocycles. The third kappa shape index (κ3) is 3.57. The van der Waals surface area contributed by atoms with Gasteiger partial charge in [0.1, 0.15) is 0 Å². The Bertz CT molecular complexity index is 994. The normalized spacial score (nSPS) is 17.0. The molecule has 5 heteroatoms. The number of benzene rings is 1. The molecule has 5 nitrogen and oxygen atoms in total. The Hall–Kier alpha value is -2.95. The molecule has 1 saturated heterocycles. The third-order valence-electron chi connectivity index (χ3n) is 5.63. The summed E-state index contributed by atoms with van der Waals surface area (Å²) in [4.78, 5) is 31.3. The van der Waals surface area contributed by atoms with Gasteiger partial charge < -0.3 is 9.47 Å². The standard InChI is InChI=1S/C23H25N3O2/c1-17(27)20-16-25(22-10-3-2-8-19(20)22)14-11-23(28)26-13-5-4-9-21(26)18-7-6-12-24-15-18/h2-3,6-8,10,12,15-16,21H,4-5,9,11,13-14H2,1H3/t21-/m1/s1. The van der Waals surface area contributed by atoms with Crippen LogP contribution in [-0.2, 0) is 11.3 Å². The van der Waals surface area contributed by atoms with Gasteiger partial charge in [-0.25, -0.2) is 0 Å². The van der Waals surface area contributed by atoms with Gasteiger partial charge in [0.15, 0.2) is 5.78 Å². The van der Waals surface area contributed by atoms with Crippen molar-refractivity contribution in [2.24, 2.45) is 0 Å². The summed E-state index contributed by atoms with van der Waals surface area (Å²) in [5, 5.41) is 0.952. The Morgan fingerprint density at radius 3 is 2.79 bits per heavy atom. The van der Waals surface area contributed by atoms with Crippen LogP contribution in [0.15, 0.2) is 55.0 Å². The lowest BCUT2D eigenvalue weighted by Gasteiger charge is -2.36. The van der Waals surface area contributed by atoms with E-state index in [1.54, 1.807) is 13.1 Å².